The van der Waals surface area contributed by atoms with E-state index in [9.17, 15) is 0 Å². The van der Waals surface area contributed by atoms with Crippen molar-refractivity contribution < 1.29 is 9.47 Å². The summed E-state index contributed by atoms with van der Waals surface area (Å²) in [7, 11) is 0. The number of rotatable bonds is 1. The van der Waals surface area contributed by atoms with Crippen LogP contribution in [0.5, 0.6) is 5.75 Å². The maximum atomic E-state index is 8.89. The number of ether oxygens (including phenoxy) is 2. The molecule has 1 N–H and O–H groups in total. The molecule has 1 fully saturated rings. The third-order valence-corrected chi connectivity index (χ3v) is 4.56. The van der Waals surface area contributed by atoms with Crippen molar-refractivity contribution in [1.29, 1.82) is 5.26 Å². The van der Waals surface area contributed by atoms with E-state index < -0.39 is 5.79 Å². The normalized spacial score (nSPS) is 18.7. The maximum Gasteiger partial charge on any atom is 0.213 e. The van der Waals surface area contributed by atoms with Gasteiger partial charge in [0.05, 0.1) is 18.2 Å². The highest BCUT2D eigenvalue weighted by Crippen LogP contribution is 2.38. The van der Waals surface area contributed by atoms with Gasteiger partial charge in [-0.25, -0.2) is 0 Å². The van der Waals surface area contributed by atoms with Gasteiger partial charge in [-0.15, -0.1) is 0 Å². The Morgan fingerprint density at radius 2 is 1.74 bits per heavy atom. The van der Waals surface area contributed by atoms with Crippen LogP contribution in [0.1, 0.15) is 24.0 Å². The average Bonchev–Trinajstić information content (AvgIpc) is 2.62. The largest absolute Gasteiger partial charge is 0.462 e. The molecule has 4 heteroatoms. The second-order valence-electron chi connectivity index (χ2n) is 6.06. The molecule has 4 nitrogen and oxygen atoms in total. The first-order valence-corrected chi connectivity index (χ1v) is 7.95. The van der Waals surface area contributed by atoms with E-state index in [1.807, 2.05) is 30.3 Å². The molecule has 2 aromatic carbocycles. The third-order valence-electron chi connectivity index (χ3n) is 4.56. The van der Waals surface area contributed by atoms with Crippen LogP contribution in [0.3, 0.4) is 0 Å². The van der Waals surface area contributed by atoms with Gasteiger partial charge in [-0.2, -0.15) is 5.26 Å². The number of hydrogen-bond acceptors (Lipinski definition) is 4. The van der Waals surface area contributed by atoms with Crippen molar-refractivity contribution in [3.05, 3.63) is 53.6 Å². The fourth-order valence-electron chi connectivity index (χ4n) is 3.20. The van der Waals surface area contributed by atoms with E-state index in [0.29, 0.717) is 12.2 Å². The zero-order chi connectivity index (χ0) is 15.7. The number of nitrogens with zero attached hydrogens (tertiary/aromatic N) is 1. The lowest BCUT2D eigenvalue weighted by Gasteiger charge is -2.41. The molecule has 0 saturated carbocycles. The predicted molar refractivity (Wildman–Crippen MR) is 86.8 cm³/mol. The van der Waals surface area contributed by atoms with Crippen LogP contribution < -0.4 is 10.1 Å². The maximum absolute atomic E-state index is 8.89. The number of nitriles is 1. The second kappa shape index (κ2) is 5.69. The summed E-state index contributed by atoms with van der Waals surface area (Å²) >= 11 is 0. The van der Waals surface area contributed by atoms with Crippen LogP contribution in [-0.2, 0) is 11.3 Å². The summed E-state index contributed by atoms with van der Waals surface area (Å²) in [4.78, 5) is 0. The molecule has 23 heavy (non-hydrogen) atoms. The number of nitrogens with one attached hydrogen (secondary N) is 1. The summed E-state index contributed by atoms with van der Waals surface area (Å²) in [5.41, 5.74) is 3.96. The van der Waals surface area contributed by atoms with Crippen LogP contribution in [0.15, 0.2) is 42.5 Å². The monoisotopic (exact) mass is 306 g/mol. The molecule has 0 atom stereocenters. The first-order chi connectivity index (χ1) is 11.3. The minimum atomic E-state index is -0.450. The summed E-state index contributed by atoms with van der Waals surface area (Å²) in [6.07, 6.45) is 1.76. The molecule has 2 aliphatic heterocycles. The van der Waals surface area contributed by atoms with E-state index in [4.69, 9.17) is 14.7 Å². The number of piperidine rings is 1. The van der Waals surface area contributed by atoms with Crippen molar-refractivity contribution >= 4 is 0 Å². The van der Waals surface area contributed by atoms with E-state index >= 15 is 0 Å². The fourth-order valence-corrected chi connectivity index (χ4v) is 3.20. The minimum Gasteiger partial charge on any atom is -0.462 e. The summed E-state index contributed by atoms with van der Waals surface area (Å²) in [6, 6.07) is 16.0. The van der Waals surface area contributed by atoms with Gasteiger partial charge in [0.15, 0.2) is 0 Å². The van der Waals surface area contributed by atoms with Gasteiger partial charge in [-0.3, -0.25) is 0 Å². The van der Waals surface area contributed by atoms with Gasteiger partial charge in [0.2, 0.25) is 5.79 Å². The number of fused-ring (bicyclic) bond motifs is 1. The summed E-state index contributed by atoms with van der Waals surface area (Å²) in [5.74, 6) is 0.476. The van der Waals surface area contributed by atoms with Crippen LogP contribution in [0.2, 0.25) is 0 Å². The summed E-state index contributed by atoms with van der Waals surface area (Å²) < 4.78 is 12.2. The Labute approximate surface area is 135 Å². The van der Waals surface area contributed by atoms with Gasteiger partial charge in [-0.1, -0.05) is 18.2 Å². The van der Waals surface area contributed by atoms with Gasteiger partial charge in [-0.05, 0) is 35.4 Å². The highest BCUT2D eigenvalue weighted by molar-refractivity contribution is 5.66. The Balaban J connectivity index is 1.61. The summed E-state index contributed by atoms with van der Waals surface area (Å²) in [5, 5.41) is 12.2. The SMILES string of the molecule is N#Cc1ccc(-c2ccc3c(c2)COC2(CCNCC2)O3)cc1. The molecule has 4 rings (SSSR count). The van der Waals surface area contributed by atoms with Crippen molar-refractivity contribution in [2.75, 3.05) is 13.1 Å². The Hall–Kier alpha value is -2.35. The molecule has 2 aliphatic rings. The standard InChI is InChI=1S/C19H18N2O2/c20-12-14-1-3-15(4-2-14)16-5-6-18-17(11-16)13-22-19(23-18)7-9-21-10-8-19/h1-6,11,21H,7-10,13H2. The van der Waals surface area contributed by atoms with E-state index in [1.165, 1.54) is 0 Å². The van der Waals surface area contributed by atoms with Crippen LogP contribution in [0.25, 0.3) is 11.1 Å². The van der Waals surface area contributed by atoms with Gasteiger partial charge in [0.1, 0.15) is 5.75 Å². The first kappa shape index (κ1) is 14.3. The highest BCUT2D eigenvalue weighted by atomic mass is 16.7. The Bertz CT molecular complexity index is 756. The van der Waals surface area contributed by atoms with Crippen LogP contribution in [-0.4, -0.2) is 18.9 Å². The molecular formula is C19H18N2O2. The zero-order valence-electron chi connectivity index (χ0n) is 12.8. The Kier molecular flexibility index (Phi) is 3.53. The molecule has 0 radical (unpaired) electrons. The predicted octanol–water partition coefficient (Wildman–Crippen LogP) is 3.21. The lowest BCUT2D eigenvalue weighted by molar-refractivity contribution is -0.218. The van der Waals surface area contributed by atoms with Crippen molar-refractivity contribution in [1.82, 2.24) is 5.32 Å². The first-order valence-electron chi connectivity index (χ1n) is 7.95. The lowest BCUT2D eigenvalue weighted by Crippen LogP contribution is -2.49. The van der Waals surface area contributed by atoms with Crippen molar-refractivity contribution in [2.45, 2.75) is 25.2 Å². The smallest absolute Gasteiger partial charge is 0.213 e. The van der Waals surface area contributed by atoms with Crippen molar-refractivity contribution in [2.24, 2.45) is 0 Å². The van der Waals surface area contributed by atoms with Crippen molar-refractivity contribution in [3.8, 4) is 22.9 Å². The fraction of sp³-hybridized carbons (Fsp3) is 0.316. The van der Waals surface area contributed by atoms with Crippen LogP contribution >= 0.6 is 0 Å². The molecule has 0 aromatic heterocycles. The number of hydrogen-bond donors (Lipinski definition) is 1. The Morgan fingerprint density at radius 1 is 1.00 bits per heavy atom. The molecule has 1 saturated heterocycles. The molecule has 2 aromatic rings. The van der Waals surface area contributed by atoms with Gasteiger partial charge in [0.25, 0.3) is 0 Å². The van der Waals surface area contributed by atoms with Gasteiger partial charge >= 0.3 is 0 Å². The second-order valence-corrected chi connectivity index (χ2v) is 6.06. The van der Waals surface area contributed by atoms with E-state index in [-0.39, 0.29) is 0 Å². The molecule has 0 bridgehead atoms. The highest BCUT2D eigenvalue weighted by Gasteiger charge is 2.38. The minimum absolute atomic E-state index is 0.450. The van der Waals surface area contributed by atoms with Crippen LogP contribution in [0, 0.1) is 11.3 Å². The molecule has 0 amide bonds. The van der Waals surface area contributed by atoms with E-state index in [2.05, 4.69) is 23.5 Å². The quantitative estimate of drug-likeness (QED) is 0.879. The average molecular weight is 306 g/mol. The molecule has 1 spiro atoms. The summed E-state index contributed by atoms with van der Waals surface area (Å²) in [6.45, 7) is 2.44. The molecule has 116 valence electrons. The Morgan fingerprint density at radius 3 is 2.48 bits per heavy atom. The van der Waals surface area contributed by atoms with E-state index in [1.54, 1.807) is 0 Å². The lowest BCUT2D eigenvalue weighted by atomic mass is 9.99. The zero-order valence-corrected chi connectivity index (χ0v) is 12.8. The molecule has 0 unspecified atom stereocenters. The molecule has 2 heterocycles. The molecule has 0 aliphatic carbocycles. The van der Waals surface area contributed by atoms with E-state index in [0.717, 1.165) is 48.4 Å². The third kappa shape index (κ3) is 2.70. The van der Waals surface area contributed by atoms with Crippen molar-refractivity contribution in [3.63, 3.8) is 0 Å². The number of benzene rings is 2. The van der Waals surface area contributed by atoms with Gasteiger partial charge in [0, 0.05) is 31.5 Å². The van der Waals surface area contributed by atoms with Crippen LogP contribution in [0.4, 0.5) is 0 Å². The molecular weight excluding hydrogens is 288 g/mol. The van der Waals surface area contributed by atoms with Gasteiger partial charge < -0.3 is 14.8 Å². The topological polar surface area (TPSA) is 54.3 Å².